The van der Waals surface area contributed by atoms with Crippen molar-refractivity contribution in [2.24, 2.45) is 10.7 Å². The summed E-state index contributed by atoms with van der Waals surface area (Å²) in [7, 11) is 0. The fraction of sp³-hybridized carbons (Fsp3) is 0.389. The summed E-state index contributed by atoms with van der Waals surface area (Å²) in [5.74, 6) is -0.411. The van der Waals surface area contributed by atoms with Gasteiger partial charge in [-0.15, -0.1) is 0 Å². The van der Waals surface area contributed by atoms with Crippen LogP contribution in [0.5, 0.6) is 5.88 Å². The monoisotopic (exact) mass is 342 g/mol. The van der Waals surface area contributed by atoms with E-state index in [4.69, 9.17) is 5.73 Å². The summed E-state index contributed by atoms with van der Waals surface area (Å²) >= 11 is 0. The summed E-state index contributed by atoms with van der Waals surface area (Å²) in [4.78, 5) is 31.3. The summed E-state index contributed by atoms with van der Waals surface area (Å²) in [6.07, 6.45) is 3.88. The number of para-hydroxylation sites is 1. The highest BCUT2D eigenvalue weighted by molar-refractivity contribution is 6.00. The van der Waals surface area contributed by atoms with Gasteiger partial charge in [0.2, 0.25) is 5.88 Å². The topological polar surface area (TPSA) is 113 Å². The summed E-state index contributed by atoms with van der Waals surface area (Å²) in [5.41, 5.74) is 5.61. The second-order valence-electron chi connectivity index (χ2n) is 6.36. The van der Waals surface area contributed by atoms with E-state index in [1.165, 1.54) is 0 Å². The Morgan fingerprint density at radius 3 is 2.60 bits per heavy atom. The van der Waals surface area contributed by atoms with Crippen molar-refractivity contribution in [1.82, 2.24) is 9.55 Å². The number of hydrogen-bond donors (Lipinski definition) is 3. The van der Waals surface area contributed by atoms with E-state index in [1.54, 1.807) is 37.3 Å². The zero-order valence-corrected chi connectivity index (χ0v) is 14.1. The summed E-state index contributed by atoms with van der Waals surface area (Å²) in [5, 5.41) is 10.6. The third kappa shape index (κ3) is 3.41. The van der Waals surface area contributed by atoms with E-state index in [9.17, 15) is 14.7 Å². The van der Waals surface area contributed by atoms with Gasteiger partial charge in [0.15, 0.2) is 0 Å². The second kappa shape index (κ2) is 7.06. The number of nitrogens with two attached hydrogens (primary N) is 1. The number of nitrogens with one attached hydrogen (secondary N) is 1. The molecular formula is C18H22N4O3. The Morgan fingerprint density at radius 1 is 1.24 bits per heavy atom. The van der Waals surface area contributed by atoms with Gasteiger partial charge in [-0.2, -0.15) is 0 Å². The van der Waals surface area contributed by atoms with E-state index in [-0.39, 0.29) is 17.6 Å². The number of aromatic hydroxyl groups is 1. The highest BCUT2D eigenvalue weighted by Crippen LogP contribution is 2.22. The number of hydrogen-bond acceptors (Lipinski definition) is 5. The first kappa shape index (κ1) is 17.2. The first-order chi connectivity index (χ1) is 12.0. The van der Waals surface area contributed by atoms with Crippen LogP contribution in [0, 0.1) is 0 Å². The highest BCUT2D eigenvalue weighted by Gasteiger charge is 2.23. The van der Waals surface area contributed by atoms with Crippen molar-refractivity contribution >= 4 is 5.71 Å². The number of benzene rings is 1. The van der Waals surface area contributed by atoms with E-state index in [0.29, 0.717) is 11.4 Å². The largest absolute Gasteiger partial charge is 0.493 e. The lowest BCUT2D eigenvalue weighted by atomic mass is 9.91. The van der Waals surface area contributed by atoms with Crippen molar-refractivity contribution < 1.29 is 5.11 Å². The molecule has 1 saturated carbocycles. The van der Waals surface area contributed by atoms with Crippen LogP contribution in [0.2, 0.25) is 0 Å². The lowest BCUT2D eigenvalue weighted by Gasteiger charge is -2.25. The molecule has 1 fully saturated rings. The van der Waals surface area contributed by atoms with Crippen molar-refractivity contribution in [3.8, 4) is 11.6 Å². The van der Waals surface area contributed by atoms with Gasteiger partial charge in [0, 0.05) is 6.04 Å². The molecule has 0 bridgehead atoms. The third-order valence-corrected chi connectivity index (χ3v) is 4.60. The van der Waals surface area contributed by atoms with Crippen LogP contribution in [-0.2, 0) is 0 Å². The minimum atomic E-state index is -0.695. The number of rotatable bonds is 3. The first-order valence-corrected chi connectivity index (χ1v) is 8.43. The number of aliphatic imine (C=N–C) groups is 1. The Morgan fingerprint density at radius 2 is 1.92 bits per heavy atom. The maximum atomic E-state index is 12.3. The van der Waals surface area contributed by atoms with Crippen molar-refractivity contribution in [3.63, 3.8) is 0 Å². The van der Waals surface area contributed by atoms with Crippen molar-refractivity contribution in [2.45, 2.75) is 44.7 Å². The van der Waals surface area contributed by atoms with Gasteiger partial charge >= 0.3 is 5.69 Å². The van der Waals surface area contributed by atoms with Crippen molar-refractivity contribution in [1.29, 1.82) is 0 Å². The summed E-state index contributed by atoms with van der Waals surface area (Å²) < 4.78 is 1.07. The fourth-order valence-corrected chi connectivity index (χ4v) is 3.28. The van der Waals surface area contributed by atoms with Crippen LogP contribution < -0.4 is 17.0 Å². The predicted molar refractivity (Wildman–Crippen MR) is 96.8 cm³/mol. The summed E-state index contributed by atoms with van der Waals surface area (Å²) in [6, 6.07) is 8.51. The van der Waals surface area contributed by atoms with Crippen LogP contribution in [0.15, 0.2) is 44.9 Å². The van der Waals surface area contributed by atoms with Gasteiger partial charge in [0.05, 0.1) is 17.4 Å². The molecule has 2 atom stereocenters. The Balaban J connectivity index is 2.10. The van der Waals surface area contributed by atoms with E-state index in [2.05, 4.69) is 9.98 Å². The molecule has 0 saturated heterocycles. The Kier molecular flexibility index (Phi) is 4.85. The number of nitrogens with zero attached hydrogens (tertiary/aromatic N) is 2. The quantitative estimate of drug-likeness (QED) is 0.730. The van der Waals surface area contributed by atoms with Crippen LogP contribution in [0.1, 0.15) is 38.2 Å². The predicted octanol–water partition coefficient (Wildman–Crippen LogP) is 1.31. The summed E-state index contributed by atoms with van der Waals surface area (Å²) in [6.45, 7) is 1.66. The molecule has 2 unspecified atom stereocenters. The fourth-order valence-electron chi connectivity index (χ4n) is 3.28. The number of aromatic amines is 1. The molecule has 25 heavy (non-hydrogen) atoms. The molecule has 1 heterocycles. The minimum absolute atomic E-state index is 0.00114. The molecule has 132 valence electrons. The van der Waals surface area contributed by atoms with Crippen molar-refractivity contribution in [2.75, 3.05) is 0 Å². The maximum absolute atomic E-state index is 12.3. The molecule has 7 heteroatoms. The molecular weight excluding hydrogens is 320 g/mol. The number of aromatic nitrogens is 2. The minimum Gasteiger partial charge on any atom is -0.493 e. The standard InChI is InChI=1S/C18H22N4O3/c1-11(20-14-10-6-5-9-13(14)19)15-16(23)21-18(25)22(17(15)24)12-7-3-2-4-8-12/h2-4,7-8,13-14,24H,5-6,9-10,19H2,1H3,(H,21,23,25). The highest BCUT2D eigenvalue weighted by atomic mass is 16.3. The Hall–Kier alpha value is -2.67. The zero-order valence-electron chi connectivity index (χ0n) is 14.1. The van der Waals surface area contributed by atoms with Gasteiger partial charge in [-0.1, -0.05) is 31.0 Å². The molecule has 4 N–H and O–H groups in total. The molecule has 7 nitrogen and oxygen atoms in total. The van der Waals surface area contributed by atoms with E-state index in [1.807, 2.05) is 0 Å². The first-order valence-electron chi connectivity index (χ1n) is 8.43. The maximum Gasteiger partial charge on any atom is 0.335 e. The molecule has 2 aromatic rings. The van der Waals surface area contributed by atoms with Crippen LogP contribution in [0.3, 0.4) is 0 Å². The SMILES string of the molecule is CC(=NC1CCCCC1N)c1c(O)n(-c2ccccc2)c(=O)[nH]c1=O. The molecule has 0 aliphatic heterocycles. The van der Waals surface area contributed by atoms with E-state index >= 15 is 0 Å². The molecule has 3 rings (SSSR count). The van der Waals surface area contributed by atoms with Gasteiger partial charge in [-0.3, -0.25) is 14.8 Å². The lowest BCUT2D eigenvalue weighted by Crippen LogP contribution is -2.37. The zero-order chi connectivity index (χ0) is 18.0. The smallest absolute Gasteiger partial charge is 0.335 e. The van der Waals surface area contributed by atoms with Crippen LogP contribution in [0.4, 0.5) is 0 Å². The number of H-pyrrole nitrogens is 1. The molecule has 0 amide bonds. The average Bonchev–Trinajstić information content (AvgIpc) is 2.57. The molecule has 1 aromatic heterocycles. The van der Waals surface area contributed by atoms with E-state index < -0.39 is 17.1 Å². The van der Waals surface area contributed by atoms with Crippen LogP contribution >= 0.6 is 0 Å². The van der Waals surface area contributed by atoms with Gasteiger partial charge < -0.3 is 10.8 Å². The van der Waals surface area contributed by atoms with Gasteiger partial charge in [-0.25, -0.2) is 9.36 Å². The van der Waals surface area contributed by atoms with E-state index in [0.717, 1.165) is 30.3 Å². The molecule has 1 aromatic carbocycles. The van der Waals surface area contributed by atoms with Crippen molar-refractivity contribution in [3.05, 3.63) is 56.7 Å². The lowest BCUT2D eigenvalue weighted by molar-refractivity contribution is 0.386. The second-order valence-corrected chi connectivity index (χ2v) is 6.36. The average molecular weight is 342 g/mol. The van der Waals surface area contributed by atoms with Crippen LogP contribution in [-0.4, -0.2) is 32.5 Å². The molecule has 1 aliphatic carbocycles. The Labute approximate surface area is 144 Å². The normalized spacial score (nSPS) is 21.3. The van der Waals surface area contributed by atoms with Gasteiger partial charge in [0.25, 0.3) is 5.56 Å². The Bertz CT molecular complexity index is 899. The third-order valence-electron chi connectivity index (χ3n) is 4.60. The molecule has 1 aliphatic rings. The molecule has 0 radical (unpaired) electrons. The van der Waals surface area contributed by atoms with Crippen LogP contribution in [0.25, 0.3) is 5.69 Å². The van der Waals surface area contributed by atoms with Gasteiger partial charge in [-0.05, 0) is 31.9 Å². The molecule has 0 spiro atoms. The van der Waals surface area contributed by atoms with Gasteiger partial charge in [0.1, 0.15) is 5.56 Å².